The molecule has 0 aromatic rings. The van der Waals surface area contributed by atoms with Crippen molar-refractivity contribution in [3.8, 4) is 0 Å². The third kappa shape index (κ3) is 23.6. The van der Waals surface area contributed by atoms with Gasteiger partial charge < -0.3 is 29.6 Å². The Labute approximate surface area is 193 Å². The van der Waals surface area contributed by atoms with Crippen LogP contribution in [-0.4, -0.2) is 82.5 Å². The SMILES string of the molecule is CC(C)OCC(=O)NCCCCCOCCOCCOCCCCCNC(=O)C(C)S. The fraction of sp³-hybridized carbons (Fsp3) is 0.909. The van der Waals surface area contributed by atoms with Crippen LogP contribution in [0, 0.1) is 0 Å². The van der Waals surface area contributed by atoms with Crippen LogP contribution >= 0.6 is 12.6 Å². The summed E-state index contributed by atoms with van der Waals surface area (Å²) < 4.78 is 21.8. The van der Waals surface area contributed by atoms with Crippen molar-refractivity contribution < 1.29 is 28.5 Å². The summed E-state index contributed by atoms with van der Waals surface area (Å²) in [7, 11) is 0. The zero-order valence-electron chi connectivity index (χ0n) is 19.7. The highest BCUT2D eigenvalue weighted by Gasteiger charge is 2.05. The lowest BCUT2D eigenvalue weighted by atomic mass is 10.2. The second-order valence-electron chi connectivity index (χ2n) is 7.64. The third-order valence-corrected chi connectivity index (χ3v) is 4.46. The Morgan fingerprint density at radius 2 is 1.19 bits per heavy atom. The van der Waals surface area contributed by atoms with Gasteiger partial charge >= 0.3 is 0 Å². The van der Waals surface area contributed by atoms with Crippen molar-refractivity contribution in [3.63, 3.8) is 0 Å². The molecule has 0 bridgehead atoms. The monoisotopic (exact) mass is 464 g/mol. The molecule has 0 radical (unpaired) electrons. The van der Waals surface area contributed by atoms with E-state index in [-0.39, 0.29) is 29.8 Å². The predicted octanol–water partition coefficient (Wildman–Crippen LogP) is 2.35. The molecule has 8 nitrogen and oxygen atoms in total. The Morgan fingerprint density at radius 3 is 1.68 bits per heavy atom. The van der Waals surface area contributed by atoms with Gasteiger partial charge in [0.25, 0.3) is 0 Å². The number of carbonyl (C=O) groups is 2. The molecule has 0 spiro atoms. The van der Waals surface area contributed by atoms with E-state index in [1.54, 1.807) is 6.92 Å². The molecule has 0 heterocycles. The highest BCUT2D eigenvalue weighted by molar-refractivity contribution is 7.81. The minimum absolute atomic E-state index is 0.0190. The van der Waals surface area contributed by atoms with Gasteiger partial charge in [-0.05, 0) is 59.3 Å². The van der Waals surface area contributed by atoms with Crippen molar-refractivity contribution in [2.24, 2.45) is 0 Å². The van der Waals surface area contributed by atoms with E-state index in [2.05, 4.69) is 23.3 Å². The summed E-state index contributed by atoms with van der Waals surface area (Å²) in [5.41, 5.74) is 0. The van der Waals surface area contributed by atoms with Crippen LogP contribution in [0.2, 0.25) is 0 Å². The van der Waals surface area contributed by atoms with Crippen LogP contribution in [0.1, 0.15) is 59.3 Å². The largest absolute Gasteiger partial charge is 0.379 e. The quantitative estimate of drug-likeness (QED) is 0.168. The smallest absolute Gasteiger partial charge is 0.246 e. The molecule has 1 atom stereocenters. The number of rotatable bonds is 22. The Kier molecular flexibility index (Phi) is 21.7. The van der Waals surface area contributed by atoms with Gasteiger partial charge in [-0.2, -0.15) is 12.6 Å². The van der Waals surface area contributed by atoms with E-state index in [4.69, 9.17) is 18.9 Å². The Morgan fingerprint density at radius 1 is 0.710 bits per heavy atom. The molecule has 0 saturated carbocycles. The highest BCUT2D eigenvalue weighted by Crippen LogP contribution is 1.97. The van der Waals surface area contributed by atoms with Gasteiger partial charge in [-0.3, -0.25) is 9.59 Å². The van der Waals surface area contributed by atoms with Crippen LogP contribution < -0.4 is 10.6 Å². The number of unbranched alkanes of at least 4 members (excludes halogenated alkanes) is 4. The fourth-order valence-corrected chi connectivity index (χ4v) is 2.53. The molecule has 0 aliphatic carbocycles. The normalized spacial score (nSPS) is 12.2. The van der Waals surface area contributed by atoms with Crippen LogP contribution in [-0.2, 0) is 28.5 Å². The maximum atomic E-state index is 11.5. The Bertz CT molecular complexity index is 438. The molecule has 31 heavy (non-hydrogen) atoms. The third-order valence-electron chi connectivity index (χ3n) is 4.22. The van der Waals surface area contributed by atoms with E-state index in [1.807, 2.05) is 13.8 Å². The van der Waals surface area contributed by atoms with Crippen LogP contribution in [0.5, 0.6) is 0 Å². The van der Waals surface area contributed by atoms with Gasteiger partial charge in [0.2, 0.25) is 11.8 Å². The summed E-state index contributed by atoms with van der Waals surface area (Å²) in [6.45, 7) is 10.8. The van der Waals surface area contributed by atoms with Crippen molar-refractivity contribution in [3.05, 3.63) is 0 Å². The highest BCUT2D eigenvalue weighted by atomic mass is 32.1. The van der Waals surface area contributed by atoms with Crippen molar-refractivity contribution in [2.45, 2.75) is 70.7 Å². The first-order valence-electron chi connectivity index (χ1n) is 11.5. The Balaban J connectivity index is 3.14. The number of hydrogen-bond donors (Lipinski definition) is 3. The van der Waals surface area contributed by atoms with Gasteiger partial charge in [0.05, 0.1) is 37.8 Å². The van der Waals surface area contributed by atoms with E-state index in [0.29, 0.717) is 52.7 Å². The summed E-state index contributed by atoms with van der Waals surface area (Å²) in [4.78, 5) is 22.8. The summed E-state index contributed by atoms with van der Waals surface area (Å²) in [5.74, 6) is -0.0785. The number of nitrogens with one attached hydrogen (secondary N) is 2. The molecule has 0 aromatic heterocycles. The lowest BCUT2D eigenvalue weighted by molar-refractivity contribution is -0.127. The first-order chi connectivity index (χ1) is 14.9. The molecule has 0 aliphatic rings. The molecular formula is C22H44N2O6S. The molecule has 0 saturated heterocycles. The number of carbonyl (C=O) groups excluding carboxylic acids is 2. The molecule has 0 aliphatic heterocycles. The van der Waals surface area contributed by atoms with E-state index in [1.165, 1.54) is 0 Å². The topological polar surface area (TPSA) is 95.1 Å². The van der Waals surface area contributed by atoms with Gasteiger partial charge in [0.15, 0.2) is 0 Å². The van der Waals surface area contributed by atoms with Gasteiger partial charge in [-0.25, -0.2) is 0 Å². The molecular weight excluding hydrogens is 420 g/mol. The average molecular weight is 465 g/mol. The maximum Gasteiger partial charge on any atom is 0.246 e. The molecule has 9 heteroatoms. The molecule has 0 aromatic carbocycles. The zero-order valence-corrected chi connectivity index (χ0v) is 20.6. The van der Waals surface area contributed by atoms with Crippen molar-refractivity contribution in [1.29, 1.82) is 0 Å². The standard InChI is InChI=1S/C22H44N2O6S/c1-19(2)30-18-21(25)23-10-6-4-8-12-27-14-16-29-17-15-28-13-9-5-7-11-24-22(26)20(3)31/h19-20,31H,4-18H2,1-3H3,(H,23,25)(H,24,26). The van der Waals surface area contributed by atoms with Crippen molar-refractivity contribution >= 4 is 24.4 Å². The summed E-state index contributed by atoms with van der Waals surface area (Å²) in [6.07, 6.45) is 5.95. The lowest BCUT2D eigenvalue weighted by Gasteiger charge is -2.09. The average Bonchev–Trinajstić information content (AvgIpc) is 2.73. The lowest BCUT2D eigenvalue weighted by Crippen LogP contribution is -2.30. The summed E-state index contributed by atoms with van der Waals surface area (Å²) in [5, 5.41) is 5.43. The van der Waals surface area contributed by atoms with E-state index in [9.17, 15) is 9.59 Å². The second kappa shape index (κ2) is 22.3. The van der Waals surface area contributed by atoms with Gasteiger partial charge in [-0.15, -0.1) is 0 Å². The minimum Gasteiger partial charge on any atom is -0.379 e. The molecule has 2 N–H and O–H groups in total. The van der Waals surface area contributed by atoms with Gasteiger partial charge in [0.1, 0.15) is 6.61 Å². The van der Waals surface area contributed by atoms with Gasteiger partial charge in [-0.1, -0.05) is 0 Å². The van der Waals surface area contributed by atoms with E-state index in [0.717, 1.165) is 38.5 Å². The van der Waals surface area contributed by atoms with Crippen LogP contribution in [0.3, 0.4) is 0 Å². The van der Waals surface area contributed by atoms with Gasteiger partial charge in [0, 0.05) is 26.3 Å². The number of hydrogen-bond acceptors (Lipinski definition) is 7. The predicted molar refractivity (Wildman–Crippen MR) is 126 cm³/mol. The molecule has 2 amide bonds. The molecule has 0 rings (SSSR count). The van der Waals surface area contributed by atoms with E-state index < -0.39 is 0 Å². The number of amides is 2. The van der Waals surface area contributed by atoms with Crippen molar-refractivity contribution in [1.82, 2.24) is 10.6 Å². The Hall–Kier alpha value is -0.870. The summed E-state index contributed by atoms with van der Waals surface area (Å²) >= 11 is 4.08. The molecule has 0 fully saturated rings. The molecule has 184 valence electrons. The first kappa shape index (κ1) is 30.1. The van der Waals surface area contributed by atoms with E-state index >= 15 is 0 Å². The molecule has 1 unspecified atom stereocenters. The second-order valence-corrected chi connectivity index (χ2v) is 8.41. The van der Waals surface area contributed by atoms with Crippen molar-refractivity contribution in [2.75, 3.05) is 59.3 Å². The first-order valence-corrected chi connectivity index (χ1v) is 12.0. The number of thiol groups is 1. The van der Waals surface area contributed by atoms with Crippen LogP contribution in [0.4, 0.5) is 0 Å². The van der Waals surface area contributed by atoms with Crippen LogP contribution in [0.25, 0.3) is 0 Å². The zero-order chi connectivity index (χ0) is 23.2. The van der Waals surface area contributed by atoms with Crippen LogP contribution in [0.15, 0.2) is 0 Å². The fourth-order valence-electron chi connectivity index (χ4n) is 2.43. The minimum atomic E-state index is -0.255. The maximum absolute atomic E-state index is 11.5. The number of ether oxygens (including phenoxy) is 4. The summed E-state index contributed by atoms with van der Waals surface area (Å²) in [6, 6.07) is 0.